The SMILES string of the molecule is CNC(C)C(=O)NC(C(=O)N1C[C@@H](NC(=O)C2CC2CN(C(=O)[C@@H]2Cc3ccccc3CN2C(=O)C(NC(=O)C(C)NC)C(C)(C)C)[C@H](C)c2ccccc2F)C[C@H]1C(=O)N[C@@H]1CCCc2ccccc21)C(C)(C)C. The highest BCUT2D eigenvalue weighted by Crippen LogP contribution is 2.42. The van der Waals surface area contributed by atoms with E-state index in [1.807, 2.05) is 84.0 Å². The quantitative estimate of drug-likeness (QED) is 0.109. The molecule has 17 heteroatoms. The van der Waals surface area contributed by atoms with E-state index in [1.54, 1.807) is 62.9 Å². The summed E-state index contributed by atoms with van der Waals surface area (Å²) in [6.07, 6.45) is 3.26. The molecule has 2 fully saturated rings. The lowest BCUT2D eigenvalue weighted by atomic mass is 9.84. The summed E-state index contributed by atoms with van der Waals surface area (Å²) in [6, 6.07) is 15.1. The van der Waals surface area contributed by atoms with Crippen molar-refractivity contribution < 1.29 is 38.0 Å². The molecule has 1 saturated carbocycles. The van der Waals surface area contributed by atoms with E-state index in [9.17, 15) is 28.8 Å². The molecule has 0 radical (unpaired) electrons. The summed E-state index contributed by atoms with van der Waals surface area (Å²) in [6.45, 7) is 16.5. The third-order valence-electron chi connectivity index (χ3n) is 16.0. The number of nitrogens with zero attached hydrogens (tertiary/aromatic N) is 3. The molecule has 3 aromatic rings. The zero-order valence-corrected chi connectivity index (χ0v) is 45.7. The van der Waals surface area contributed by atoms with Crippen molar-refractivity contribution in [3.63, 3.8) is 0 Å². The van der Waals surface area contributed by atoms with Crippen LogP contribution in [-0.4, -0.2) is 126 Å². The number of hydrogen-bond acceptors (Lipinski definition) is 9. The van der Waals surface area contributed by atoms with E-state index in [1.165, 1.54) is 16.5 Å². The molecule has 2 aliphatic carbocycles. The van der Waals surface area contributed by atoms with Crippen molar-refractivity contribution in [1.29, 1.82) is 0 Å². The maximum absolute atomic E-state index is 15.8. The van der Waals surface area contributed by atoms with Gasteiger partial charge in [0.1, 0.15) is 30.0 Å². The van der Waals surface area contributed by atoms with Crippen LogP contribution in [-0.2, 0) is 52.9 Å². The number of hydrogen-bond donors (Lipinski definition) is 6. The molecule has 1 saturated heterocycles. The van der Waals surface area contributed by atoms with E-state index in [4.69, 9.17) is 0 Å². The molecular weight excluding hydrogens is 954 g/mol. The monoisotopic (exact) mass is 1030 g/mol. The fraction of sp³-hybridized carbons (Fsp3) is 0.569. The molecule has 4 aliphatic rings. The summed E-state index contributed by atoms with van der Waals surface area (Å²) < 4.78 is 15.8. The van der Waals surface area contributed by atoms with E-state index in [0.29, 0.717) is 6.42 Å². The third-order valence-corrected chi connectivity index (χ3v) is 16.0. The lowest BCUT2D eigenvalue weighted by Gasteiger charge is -2.43. The van der Waals surface area contributed by atoms with E-state index < -0.39 is 88.6 Å². The van der Waals surface area contributed by atoms with Gasteiger partial charge in [-0.1, -0.05) is 108 Å². The van der Waals surface area contributed by atoms with Crippen LogP contribution in [0.3, 0.4) is 0 Å². The van der Waals surface area contributed by atoms with Gasteiger partial charge in [-0.3, -0.25) is 33.6 Å². The minimum Gasteiger partial charge on any atom is -0.351 e. The summed E-state index contributed by atoms with van der Waals surface area (Å²) in [5.74, 6) is -4.01. The Morgan fingerprint density at radius 3 is 1.84 bits per heavy atom. The van der Waals surface area contributed by atoms with Crippen LogP contribution in [0.25, 0.3) is 0 Å². The normalized spacial score (nSPS) is 23.3. The summed E-state index contributed by atoms with van der Waals surface area (Å²) in [5, 5.41) is 18.1. The van der Waals surface area contributed by atoms with Crippen LogP contribution < -0.4 is 31.9 Å². The van der Waals surface area contributed by atoms with Gasteiger partial charge in [-0.25, -0.2) is 4.39 Å². The molecule has 7 amide bonds. The average Bonchev–Trinajstić information content (AvgIpc) is 4.04. The summed E-state index contributed by atoms with van der Waals surface area (Å²) in [7, 11) is 3.32. The number of likely N-dealkylation sites (tertiary alicyclic amines) is 1. The maximum atomic E-state index is 15.8. The van der Waals surface area contributed by atoms with Crippen LogP contribution in [0.15, 0.2) is 72.8 Å². The van der Waals surface area contributed by atoms with E-state index in [-0.39, 0.29) is 73.6 Å². The number of rotatable bonds is 17. The molecule has 16 nitrogen and oxygen atoms in total. The minimum absolute atomic E-state index is 0.0250. The second-order valence-electron chi connectivity index (χ2n) is 23.5. The van der Waals surface area contributed by atoms with Gasteiger partial charge < -0.3 is 46.6 Å². The summed E-state index contributed by atoms with van der Waals surface area (Å²) in [5.41, 5.74) is 2.77. The Kier molecular flexibility index (Phi) is 17.6. The number of aryl methyl sites for hydroxylation is 1. The van der Waals surface area contributed by atoms with Gasteiger partial charge in [0.2, 0.25) is 41.4 Å². The Morgan fingerprint density at radius 1 is 0.680 bits per heavy atom. The van der Waals surface area contributed by atoms with Gasteiger partial charge in [-0.15, -0.1) is 0 Å². The van der Waals surface area contributed by atoms with Crippen molar-refractivity contribution in [2.24, 2.45) is 22.7 Å². The Hall–Kier alpha value is -6.20. The van der Waals surface area contributed by atoms with Crippen molar-refractivity contribution >= 4 is 41.4 Å². The largest absolute Gasteiger partial charge is 0.351 e. The van der Waals surface area contributed by atoms with Crippen molar-refractivity contribution in [3.8, 4) is 0 Å². The molecule has 11 atom stereocenters. The van der Waals surface area contributed by atoms with Gasteiger partial charge in [-0.05, 0) is 112 Å². The fourth-order valence-electron chi connectivity index (χ4n) is 10.9. The fourth-order valence-corrected chi connectivity index (χ4v) is 10.9. The minimum atomic E-state index is -1.02. The molecular formula is C58H80FN9O7. The first-order valence-corrected chi connectivity index (χ1v) is 26.8. The molecule has 2 aliphatic heterocycles. The van der Waals surface area contributed by atoms with Crippen LogP contribution in [0.2, 0.25) is 0 Å². The molecule has 0 aromatic heterocycles. The standard InChI is InChI=1S/C58H80FN9O7/c1-33(60-10)50(69)64-48(57(4,5)6)55(74)67-30-38-21-13-12-20-37(38)28-47(67)54(73)66(35(3)41-23-16-17-25-44(41)59)31-39-27-43(39)52(71)62-40-29-46(53(72)63-45-26-18-22-36-19-14-15-24-42(36)45)68(32-40)56(75)49(58(7,8)9)65-51(70)34(2)61-11/h12-17,19-21,23-25,33-35,39-40,43,45-49,60-61H,18,22,26-32H2,1-11H3,(H,62,71)(H,63,72)(H,64,69)(H,65,70)/t33?,34?,35-,39?,40+,43?,45-,46+,47+,48?,49?/m1/s1. The van der Waals surface area contributed by atoms with Crippen molar-refractivity contribution in [2.75, 3.05) is 27.2 Å². The number of halogens is 1. The predicted molar refractivity (Wildman–Crippen MR) is 285 cm³/mol. The van der Waals surface area contributed by atoms with Gasteiger partial charge in [0, 0.05) is 43.6 Å². The Morgan fingerprint density at radius 2 is 1.24 bits per heavy atom. The number of carbonyl (C=O) groups excluding carboxylic acids is 7. The Bertz CT molecular complexity index is 2610. The molecule has 2 heterocycles. The smallest absolute Gasteiger partial charge is 0.246 e. The number of likely N-dealkylation sites (N-methyl/N-ethyl adjacent to an activating group) is 2. The van der Waals surface area contributed by atoms with E-state index in [0.717, 1.165) is 36.0 Å². The molecule has 6 unspecified atom stereocenters. The second kappa shape index (κ2) is 23.4. The second-order valence-corrected chi connectivity index (χ2v) is 23.5. The molecule has 0 spiro atoms. The number of carbonyl (C=O) groups is 7. The number of amides is 7. The highest BCUT2D eigenvalue weighted by atomic mass is 19.1. The van der Waals surface area contributed by atoms with Gasteiger partial charge in [0.25, 0.3) is 0 Å². The molecule has 75 heavy (non-hydrogen) atoms. The summed E-state index contributed by atoms with van der Waals surface area (Å²) in [4.78, 5) is 105. The van der Waals surface area contributed by atoms with Crippen molar-refractivity contribution in [1.82, 2.24) is 46.6 Å². The zero-order chi connectivity index (χ0) is 54.7. The molecule has 0 bridgehead atoms. The summed E-state index contributed by atoms with van der Waals surface area (Å²) >= 11 is 0. The maximum Gasteiger partial charge on any atom is 0.246 e. The van der Waals surface area contributed by atoms with Gasteiger partial charge in [0.05, 0.1) is 24.2 Å². The highest BCUT2D eigenvalue weighted by molar-refractivity contribution is 5.96. The number of benzene rings is 3. The lowest BCUT2D eigenvalue weighted by molar-refractivity contribution is -0.152. The molecule has 3 aromatic carbocycles. The lowest BCUT2D eigenvalue weighted by Crippen LogP contribution is -2.62. The van der Waals surface area contributed by atoms with E-state index in [2.05, 4.69) is 38.0 Å². The first-order chi connectivity index (χ1) is 35.4. The van der Waals surface area contributed by atoms with Crippen molar-refractivity contribution in [2.45, 2.75) is 162 Å². The Balaban J connectivity index is 1.14. The van der Waals surface area contributed by atoms with Crippen LogP contribution in [0.1, 0.15) is 128 Å². The van der Waals surface area contributed by atoms with Crippen molar-refractivity contribution in [3.05, 3.63) is 106 Å². The molecule has 7 rings (SSSR count). The van der Waals surface area contributed by atoms with Crippen LogP contribution >= 0.6 is 0 Å². The highest BCUT2D eigenvalue weighted by Gasteiger charge is 2.51. The topological polar surface area (TPSA) is 201 Å². The zero-order valence-electron chi connectivity index (χ0n) is 45.7. The molecule has 406 valence electrons. The number of fused-ring (bicyclic) bond motifs is 2. The third kappa shape index (κ3) is 12.9. The van der Waals surface area contributed by atoms with Gasteiger partial charge in [-0.2, -0.15) is 0 Å². The Labute approximate surface area is 442 Å². The van der Waals surface area contributed by atoms with Gasteiger partial charge in [0.15, 0.2) is 0 Å². The van der Waals surface area contributed by atoms with Crippen LogP contribution in [0.4, 0.5) is 4.39 Å². The first kappa shape index (κ1) is 56.5. The molecule has 6 N–H and O–H groups in total. The van der Waals surface area contributed by atoms with Crippen LogP contribution in [0.5, 0.6) is 0 Å². The number of nitrogens with one attached hydrogen (secondary N) is 6. The average molecular weight is 1030 g/mol. The van der Waals surface area contributed by atoms with E-state index >= 15 is 9.18 Å². The van der Waals surface area contributed by atoms with Gasteiger partial charge >= 0.3 is 0 Å². The predicted octanol–water partition coefficient (Wildman–Crippen LogP) is 4.86. The first-order valence-electron chi connectivity index (χ1n) is 26.8. The van der Waals surface area contributed by atoms with Crippen LogP contribution in [0, 0.1) is 28.5 Å².